The number of aliphatic hydroxyl groups is 1. The predicted octanol–water partition coefficient (Wildman–Crippen LogP) is 1.46. The largest absolute Gasteiger partial charge is 0.397 e. The molecule has 1 aromatic rings. The third-order valence-corrected chi connectivity index (χ3v) is 4.75. The highest BCUT2D eigenvalue weighted by atomic mass is 32.1. The Labute approximate surface area is 104 Å². The average Bonchev–Trinajstić information content (AvgIpc) is 2.81. The van der Waals surface area contributed by atoms with Crippen LogP contribution in [0.1, 0.15) is 35.4 Å². The number of aliphatic hydroxyl groups excluding tert-OH is 1. The molecular formula is C12H16N2O2S. The quantitative estimate of drug-likeness (QED) is 0.795. The number of anilines is 1. The maximum Gasteiger partial charge on any atom is 0.266 e. The molecule has 4 nitrogen and oxygen atoms in total. The van der Waals surface area contributed by atoms with Crippen molar-refractivity contribution in [3.63, 3.8) is 0 Å². The molecule has 0 saturated carbocycles. The molecular weight excluding hydrogens is 236 g/mol. The first-order valence-corrected chi connectivity index (χ1v) is 6.88. The third kappa shape index (κ3) is 1.73. The van der Waals surface area contributed by atoms with Crippen LogP contribution in [0.5, 0.6) is 0 Å². The van der Waals surface area contributed by atoms with Crippen LogP contribution in [-0.4, -0.2) is 34.1 Å². The molecule has 3 heterocycles. The first-order chi connectivity index (χ1) is 8.16. The van der Waals surface area contributed by atoms with Gasteiger partial charge in [-0.1, -0.05) is 0 Å². The zero-order chi connectivity index (χ0) is 12.0. The zero-order valence-electron chi connectivity index (χ0n) is 9.50. The van der Waals surface area contributed by atoms with Crippen molar-refractivity contribution < 1.29 is 9.90 Å². The van der Waals surface area contributed by atoms with E-state index in [9.17, 15) is 9.90 Å². The van der Waals surface area contributed by atoms with Gasteiger partial charge in [0.05, 0.1) is 11.8 Å². The molecule has 2 aliphatic rings. The number of carbonyl (C=O) groups excluding carboxylic acids is 1. The monoisotopic (exact) mass is 252 g/mol. The lowest BCUT2D eigenvalue weighted by molar-refractivity contribution is 0.0291. The molecule has 2 bridgehead atoms. The van der Waals surface area contributed by atoms with Crippen LogP contribution >= 0.6 is 11.3 Å². The fourth-order valence-electron chi connectivity index (χ4n) is 3.09. The van der Waals surface area contributed by atoms with E-state index in [1.165, 1.54) is 11.3 Å². The number of amides is 1. The van der Waals surface area contributed by atoms with Gasteiger partial charge in [-0.25, -0.2) is 0 Å². The molecule has 92 valence electrons. The second kappa shape index (κ2) is 3.99. The highest BCUT2D eigenvalue weighted by molar-refractivity contribution is 7.12. The number of rotatable bonds is 1. The lowest BCUT2D eigenvalue weighted by Gasteiger charge is -2.37. The number of piperidine rings is 1. The van der Waals surface area contributed by atoms with Crippen molar-refractivity contribution >= 4 is 22.9 Å². The van der Waals surface area contributed by atoms with E-state index in [1.54, 1.807) is 6.07 Å². The van der Waals surface area contributed by atoms with Gasteiger partial charge in [0.25, 0.3) is 5.91 Å². The summed E-state index contributed by atoms with van der Waals surface area (Å²) in [5.41, 5.74) is 6.37. The number of hydrogen-bond donors (Lipinski definition) is 2. The molecule has 0 aromatic carbocycles. The molecule has 2 saturated heterocycles. The Bertz CT molecular complexity index is 431. The third-order valence-electron chi connectivity index (χ3n) is 3.83. The average molecular weight is 252 g/mol. The summed E-state index contributed by atoms with van der Waals surface area (Å²) in [4.78, 5) is 15.0. The summed E-state index contributed by atoms with van der Waals surface area (Å²) in [6.45, 7) is 0. The Balaban J connectivity index is 1.86. The molecule has 5 heteroatoms. The minimum Gasteiger partial charge on any atom is -0.397 e. The first-order valence-electron chi connectivity index (χ1n) is 6.00. The Morgan fingerprint density at radius 2 is 2.06 bits per heavy atom. The van der Waals surface area contributed by atoms with Crippen LogP contribution in [0.2, 0.25) is 0 Å². The molecule has 0 aliphatic carbocycles. The van der Waals surface area contributed by atoms with E-state index in [2.05, 4.69) is 0 Å². The van der Waals surface area contributed by atoms with Crippen LogP contribution in [-0.2, 0) is 0 Å². The second-order valence-corrected chi connectivity index (χ2v) is 5.84. The Kier molecular flexibility index (Phi) is 2.60. The Morgan fingerprint density at radius 1 is 1.41 bits per heavy atom. The SMILES string of the molecule is Nc1ccsc1C(=O)N1C2CCC1CC(O)C2. The van der Waals surface area contributed by atoms with Gasteiger partial charge in [-0.05, 0) is 37.1 Å². The van der Waals surface area contributed by atoms with Gasteiger partial charge in [-0.2, -0.15) is 0 Å². The van der Waals surface area contributed by atoms with Gasteiger partial charge in [-0.15, -0.1) is 11.3 Å². The second-order valence-electron chi connectivity index (χ2n) is 4.93. The molecule has 1 amide bonds. The molecule has 2 atom stereocenters. The minimum absolute atomic E-state index is 0.0527. The van der Waals surface area contributed by atoms with Crippen molar-refractivity contribution in [1.82, 2.24) is 4.90 Å². The van der Waals surface area contributed by atoms with Crippen LogP contribution in [0.25, 0.3) is 0 Å². The molecule has 0 spiro atoms. The number of fused-ring (bicyclic) bond motifs is 2. The van der Waals surface area contributed by atoms with Gasteiger partial charge < -0.3 is 15.7 Å². The van der Waals surface area contributed by atoms with Crippen molar-refractivity contribution in [2.45, 2.75) is 43.9 Å². The van der Waals surface area contributed by atoms with E-state index in [1.807, 2.05) is 10.3 Å². The van der Waals surface area contributed by atoms with E-state index in [0.717, 1.165) is 12.8 Å². The fraction of sp³-hybridized carbons (Fsp3) is 0.583. The summed E-state index contributed by atoms with van der Waals surface area (Å²) in [7, 11) is 0. The van der Waals surface area contributed by atoms with E-state index in [0.29, 0.717) is 23.4 Å². The van der Waals surface area contributed by atoms with Crippen molar-refractivity contribution in [1.29, 1.82) is 0 Å². The summed E-state index contributed by atoms with van der Waals surface area (Å²) in [6, 6.07) is 2.19. The number of nitrogens with two attached hydrogens (primary N) is 1. The van der Waals surface area contributed by atoms with Gasteiger partial charge in [-0.3, -0.25) is 4.79 Å². The summed E-state index contributed by atoms with van der Waals surface area (Å²) in [6.07, 6.45) is 3.22. The molecule has 1 aromatic heterocycles. The van der Waals surface area contributed by atoms with Gasteiger partial charge in [0.2, 0.25) is 0 Å². The summed E-state index contributed by atoms with van der Waals surface area (Å²) in [5, 5.41) is 11.6. The number of carbonyl (C=O) groups is 1. The van der Waals surface area contributed by atoms with Crippen molar-refractivity contribution in [3.8, 4) is 0 Å². The topological polar surface area (TPSA) is 66.6 Å². The molecule has 17 heavy (non-hydrogen) atoms. The molecule has 2 aliphatic heterocycles. The summed E-state index contributed by atoms with van der Waals surface area (Å²) >= 11 is 1.41. The first kappa shape index (κ1) is 11.0. The fourth-order valence-corrected chi connectivity index (χ4v) is 3.85. The molecule has 0 radical (unpaired) electrons. The van der Waals surface area contributed by atoms with E-state index in [-0.39, 0.29) is 24.1 Å². The highest BCUT2D eigenvalue weighted by Crippen LogP contribution is 2.38. The van der Waals surface area contributed by atoms with Gasteiger partial charge in [0.1, 0.15) is 4.88 Å². The van der Waals surface area contributed by atoms with E-state index < -0.39 is 0 Å². The van der Waals surface area contributed by atoms with Crippen LogP contribution in [0, 0.1) is 0 Å². The summed E-state index contributed by atoms with van der Waals surface area (Å²) in [5.74, 6) is 0.0527. The van der Waals surface area contributed by atoms with Crippen molar-refractivity contribution in [2.75, 3.05) is 5.73 Å². The Hall–Kier alpha value is -1.07. The van der Waals surface area contributed by atoms with E-state index >= 15 is 0 Å². The van der Waals surface area contributed by atoms with Crippen LogP contribution < -0.4 is 5.73 Å². The van der Waals surface area contributed by atoms with Crippen LogP contribution in [0.4, 0.5) is 5.69 Å². The zero-order valence-corrected chi connectivity index (χ0v) is 10.3. The summed E-state index contributed by atoms with van der Waals surface area (Å²) < 4.78 is 0. The Morgan fingerprint density at radius 3 is 2.59 bits per heavy atom. The molecule has 2 unspecified atom stereocenters. The predicted molar refractivity (Wildman–Crippen MR) is 67.0 cm³/mol. The van der Waals surface area contributed by atoms with Gasteiger partial charge in [0.15, 0.2) is 0 Å². The standard InChI is InChI=1S/C12H16N2O2S/c13-10-3-4-17-11(10)12(16)14-7-1-2-8(14)6-9(15)5-7/h3-4,7-9,15H,1-2,5-6,13H2. The smallest absolute Gasteiger partial charge is 0.266 e. The highest BCUT2D eigenvalue weighted by Gasteiger charge is 2.43. The number of thiophene rings is 1. The molecule has 2 fully saturated rings. The number of nitrogens with zero attached hydrogens (tertiary/aromatic N) is 1. The lowest BCUT2D eigenvalue weighted by atomic mass is 9.99. The minimum atomic E-state index is -0.239. The normalized spacial score (nSPS) is 31.8. The molecule has 3 rings (SSSR count). The van der Waals surface area contributed by atoms with Crippen molar-refractivity contribution in [2.24, 2.45) is 0 Å². The maximum atomic E-state index is 12.4. The number of hydrogen-bond acceptors (Lipinski definition) is 4. The molecule has 3 N–H and O–H groups in total. The van der Waals surface area contributed by atoms with Gasteiger partial charge in [0, 0.05) is 12.1 Å². The van der Waals surface area contributed by atoms with Crippen LogP contribution in [0.15, 0.2) is 11.4 Å². The lowest BCUT2D eigenvalue weighted by Crippen LogP contribution is -2.47. The maximum absolute atomic E-state index is 12.4. The van der Waals surface area contributed by atoms with Crippen molar-refractivity contribution in [3.05, 3.63) is 16.3 Å². The van der Waals surface area contributed by atoms with E-state index in [4.69, 9.17) is 5.73 Å². The number of nitrogen functional groups attached to an aromatic ring is 1. The van der Waals surface area contributed by atoms with Gasteiger partial charge >= 0.3 is 0 Å². The van der Waals surface area contributed by atoms with Crippen LogP contribution in [0.3, 0.4) is 0 Å².